The van der Waals surface area contributed by atoms with E-state index in [-0.39, 0.29) is 6.10 Å². The van der Waals surface area contributed by atoms with Crippen molar-refractivity contribution in [2.75, 3.05) is 6.67 Å². The molecule has 3 aromatic rings. The highest BCUT2D eigenvalue weighted by atomic mass is 19.1. The zero-order valence-corrected chi connectivity index (χ0v) is 13.4. The average Bonchev–Trinajstić information content (AvgIpc) is 2.98. The van der Waals surface area contributed by atoms with E-state index in [9.17, 15) is 4.39 Å². The molecule has 0 aromatic heterocycles. The first-order valence-corrected chi connectivity index (χ1v) is 8.26. The molecule has 1 nitrogen and oxygen atoms in total. The van der Waals surface area contributed by atoms with Crippen LogP contribution in [0.3, 0.4) is 0 Å². The number of hydrogen-bond acceptors (Lipinski definition) is 1. The third-order valence-corrected chi connectivity index (χ3v) is 4.78. The molecule has 2 heteroatoms. The number of rotatable bonds is 4. The van der Waals surface area contributed by atoms with Gasteiger partial charge in [-0.1, -0.05) is 84.9 Å². The summed E-state index contributed by atoms with van der Waals surface area (Å²) in [5.74, 6) is 0. The van der Waals surface area contributed by atoms with Crippen LogP contribution in [0.4, 0.5) is 4.39 Å². The molecule has 24 heavy (non-hydrogen) atoms. The molecule has 0 amide bonds. The Bertz CT molecular complexity index is 816. The maximum atomic E-state index is 14.3. The molecular formula is C22H19FO. The third kappa shape index (κ3) is 2.44. The number of benzene rings is 3. The maximum Gasteiger partial charge on any atom is 0.147 e. The number of alkyl halides is 1. The van der Waals surface area contributed by atoms with Crippen LogP contribution in [-0.4, -0.2) is 6.67 Å². The summed E-state index contributed by atoms with van der Waals surface area (Å²) >= 11 is 0. The summed E-state index contributed by atoms with van der Waals surface area (Å²) in [6, 6.07) is 27.9. The van der Waals surface area contributed by atoms with E-state index in [1.54, 1.807) is 0 Å². The predicted octanol–water partition coefficient (Wildman–Crippen LogP) is 5.21. The Kier molecular flexibility index (Phi) is 3.91. The van der Waals surface area contributed by atoms with E-state index in [0.29, 0.717) is 0 Å². The van der Waals surface area contributed by atoms with Crippen molar-refractivity contribution < 1.29 is 9.13 Å². The van der Waals surface area contributed by atoms with Gasteiger partial charge in [0, 0.05) is 6.42 Å². The molecule has 0 radical (unpaired) electrons. The second-order valence-corrected chi connectivity index (χ2v) is 6.21. The lowest BCUT2D eigenvalue weighted by atomic mass is 9.86. The largest absolute Gasteiger partial charge is 0.354 e. The monoisotopic (exact) mass is 318 g/mol. The van der Waals surface area contributed by atoms with E-state index < -0.39 is 12.3 Å². The van der Waals surface area contributed by atoms with E-state index in [1.165, 1.54) is 5.56 Å². The standard InChI is InChI=1S/C22H19FO/c23-16-22(18-11-5-2-6-12-18)20-14-8-7-13-19(20)21(24-22)15-17-9-3-1-4-10-17/h1-14,21H,15-16H2/t21-,22-/m1/s1. The lowest BCUT2D eigenvalue weighted by molar-refractivity contribution is -0.0618. The van der Waals surface area contributed by atoms with E-state index >= 15 is 0 Å². The molecule has 0 saturated heterocycles. The molecule has 2 atom stereocenters. The normalized spacial score (nSPS) is 22.3. The molecule has 0 unspecified atom stereocenters. The van der Waals surface area contributed by atoms with Crippen LogP contribution in [0.25, 0.3) is 0 Å². The van der Waals surface area contributed by atoms with Gasteiger partial charge in [0.15, 0.2) is 0 Å². The SMILES string of the molecule is FC[C@]1(c2ccccc2)O[C@H](Cc2ccccc2)c2ccccc21. The molecule has 120 valence electrons. The Morgan fingerprint density at radius 3 is 2.12 bits per heavy atom. The quantitative estimate of drug-likeness (QED) is 0.641. The highest BCUT2D eigenvalue weighted by Gasteiger charge is 2.46. The minimum absolute atomic E-state index is 0.139. The number of halogens is 1. The molecule has 1 aliphatic heterocycles. The van der Waals surface area contributed by atoms with Gasteiger partial charge in [0.05, 0.1) is 6.10 Å². The first kappa shape index (κ1) is 15.1. The summed E-state index contributed by atoms with van der Waals surface area (Å²) in [5, 5.41) is 0. The molecule has 3 aromatic carbocycles. The molecule has 1 aliphatic rings. The smallest absolute Gasteiger partial charge is 0.147 e. The van der Waals surface area contributed by atoms with Crippen molar-refractivity contribution in [3.05, 3.63) is 107 Å². The van der Waals surface area contributed by atoms with E-state index in [0.717, 1.165) is 23.1 Å². The first-order chi connectivity index (χ1) is 11.8. The number of ether oxygens (including phenoxy) is 1. The zero-order valence-electron chi connectivity index (χ0n) is 13.4. The van der Waals surface area contributed by atoms with Crippen LogP contribution in [0.5, 0.6) is 0 Å². The fourth-order valence-corrected chi connectivity index (χ4v) is 3.61. The lowest BCUT2D eigenvalue weighted by Crippen LogP contribution is -2.30. The Labute approximate surface area is 141 Å². The van der Waals surface area contributed by atoms with Gasteiger partial charge >= 0.3 is 0 Å². The van der Waals surface area contributed by atoms with Crippen molar-refractivity contribution in [3.8, 4) is 0 Å². The van der Waals surface area contributed by atoms with Crippen LogP contribution >= 0.6 is 0 Å². The summed E-state index contributed by atoms with van der Waals surface area (Å²) in [6.45, 7) is -0.570. The van der Waals surface area contributed by atoms with Crippen LogP contribution in [0.1, 0.15) is 28.4 Å². The second kappa shape index (κ2) is 6.21. The Hall–Kier alpha value is -2.45. The Balaban J connectivity index is 1.78. The summed E-state index contributed by atoms with van der Waals surface area (Å²) in [4.78, 5) is 0. The van der Waals surface area contributed by atoms with Crippen LogP contribution in [-0.2, 0) is 16.8 Å². The molecule has 0 bridgehead atoms. The summed E-state index contributed by atoms with van der Waals surface area (Å²) < 4.78 is 20.7. The maximum absolute atomic E-state index is 14.3. The Morgan fingerprint density at radius 2 is 1.42 bits per heavy atom. The van der Waals surface area contributed by atoms with Gasteiger partial charge in [-0.3, -0.25) is 0 Å². The lowest BCUT2D eigenvalue weighted by Gasteiger charge is -2.28. The third-order valence-electron chi connectivity index (χ3n) is 4.78. The zero-order chi connectivity index (χ0) is 16.4. The van der Waals surface area contributed by atoms with Gasteiger partial charge in [-0.15, -0.1) is 0 Å². The van der Waals surface area contributed by atoms with Crippen LogP contribution in [0.2, 0.25) is 0 Å². The van der Waals surface area contributed by atoms with E-state index in [4.69, 9.17) is 4.74 Å². The van der Waals surface area contributed by atoms with Crippen molar-refractivity contribution in [1.82, 2.24) is 0 Å². The van der Waals surface area contributed by atoms with E-state index in [2.05, 4.69) is 18.2 Å². The highest BCUT2D eigenvalue weighted by molar-refractivity contribution is 5.46. The second-order valence-electron chi connectivity index (χ2n) is 6.21. The van der Waals surface area contributed by atoms with Crippen molar-refractivity contribution >= 4 is 0 Å². The topological polar surface area (TPSA) is 9.23 Å². The van der Waals surface area contributed by atoms with Gasteiger partial charge in [0.25, 0.3) is 0 Å². The highest BCUT2D eigenvalue weighted by Crippen LogP contribution is 2.48. The summed E-state index contributed by atoms with van der Waals surface area (Å²) in [6.07, 6.45) is 0.603. The van der Waals surface area contributed by atoms with Gasteiger partial charge in [-0.2, -0.15) is 0 Å². The van der Waals surface area contributed by atoms with Crippen molar-refractivity contribution in [2.24, 2.45) is 0 Å². The van der Waals surface area contributed by atoms with Crippen LogP contribution in [0.15, 0.2) is 84.9 Å². The fraction of sp³-hybridized carbons (Fsp3) is 0.182. The minimum atomic E-state index is -1.00. The molecular weight excluding hydrogens is 299 g/mol. The summed E-state index contributed by atoms with van der Waals surface area (Å²) in [5.41, 5.74) is 3.09. The van der Waals surface area contributed by atoms with E-state index in [1.807, 2.05) is 66.7 Å². The molecule has 0 spiro atoms. The van der Waals surface area contributed by atoms with Crippen LogP contribution < -0.4 is 0 Å². The molecule has 0 saturated carbocycles. The predicted molar refractivity (Wildman–Crippen MR) is 93.6 cm³/mol. The molecule has 4 rings (SSSR count). The van der Waals surface area contributed by atoms with Gasteiger partial charge in [0.2, 0.25) is 0 Å². The van der Waals surface area contributed by atoms with Crippen LogP contribution in [0, 0.1) is 0 Å². The number of hydrogen-bond donors (Lipinski definition) is 0. The molecule has 0 aliphatic carbocycles. The van der Waals surface area contributed by atoms with Crippen molar-refractivity contribution in [1.29, 1.82) is 0 Å². The van der Waals surface area contributed by atoms with Crippen molar-refractivity contribution in [3.63, 3.8) is 0 Å². The molecule has 1 heterocycles. The van der Waals surface area contributed by atoms with Gasteiger partial charge in [-0.05, 0) is 22.3 Å². The van der Waals surface area contributed by atoms with Gasteiger partial charge in [-0.25, -0.2) is 4.39 Å². The van der Waals surface area contributed by atoms with Gasteiger partial charge < -0.3 is 4.74 Å². The average molecular weight is 318 g/mol. The first-order valence-electron chi connectivity index (χ1n) is 8.26. The van der Waals surface area contributed by atoms with Gasteiger partial charge in [0.1, 0.15) is 12.3 Å². The van der Waals surface area contributed by atoms with Crippen molar-refractivity contribution in [2.45, 2.75) is 18.1 Å². The minimum Gasteiger partial charge on any atom is -0.354 e. The fourth-order valence-electron chi connectivity index (χ4n) is 3.61. The Morgan fingerprint density at radius 1 is 0.792 bits per heavy atom. The molecule has 0 fully saturated rings. The molecule has 0 N–H and O–H groups in total. The summed E-state index contributed by atoms with van der Waals surface area (Å²) in [7, 11) is 0. The number of fused-ring (bicyclic) bond motifs is 1.